The van der Waals surface area contributed by atoms with E-state index in [2.05, 4.69) is 10.3 Å². The lowest BCUT2D eigenvalue weighted by Gasteiger charge is -2.22. The first-order valence-electron chi connectivity index (χ1n) is 11.5. The second-order valence-electron chi connectivity index (χ2n) is 8.62. The summed E-state index contributed by atoms with van der Waals surface area (Å²) in [6.07, 6.45) is 8.75. The van der Waals surface area contributed by atoms with Gasteiger partial charge in [0.2, 0.25) is 0 Å². The van der Waals surface area contributed by atoms with Gasteiger partial charge in [0, 0.05) is 19.8 Å². The fraction of sp³-hybridized carbons (Fsp3) is 0.542. The summed E-state index contributed by atoms with van der Waals surface area (Å²) in [5.41, 5.74) is 0.997. The molecule has 0 bridgehead atoms. The molecule has 8 nitrogen and oxygen atoms in total. The van der Waals surface area contributed by atoms with Crippen molar-refractivity contribution in [1.29, 1.82) is 0 Å². The molecule has 2 N–H and O–H groups in total. The van der Waals surface area contributed by atoms with Crippen LogP contribution in [0.3, 0.4) is 0 Å². The van der Waals surface area contributed by atoms with Crippen LogP contribution >= 0.6 is 0 Å². The summed E-state index contributed by atoms with van der Waals surface area (Å²) >= 11 is 0. The van der Waals surface area contributed by atoms with E-state index in [1.165, 1.54) is 9.13 Å². The summed E-state index contributed by atoms with van der Waals surface area (Å²) in [5.74, 6) is 0. The highest BCUT2D eigenvalue weighted by Gasteiger charge is 2.21. The summed E-state index contributed by atoms with van der Waals surface area (Å²) in [5, 5.41) is 12.7. The first kappa shape index (κ1) is 23.8. The third-order valence-electron chi connectivity index (χ3n) is 5.92. The second kappa shape index (κ2) is 11.1. The van der Waals surface area contributed by atoms with Crippen LogP contribution in [0.25, 0.3) is 11.2 Å². The summed E-state index contributed by atoms with van der Waals surface area (Å²) in [4.78, 5) is 30.7. The molecule has 0 amide bonds. The number of fused-ring (bicyclic) bond motifs is 1. The summed E-state index contributed by atoms with van der Waals surface area (Å²) in [6.45, 7) is 1.83. The zero-order chi connectivity index (χ0) is 23.1. The topological polar surface area (TPSA) is 94.1 Å². The van der Waals surface area contributed by atoms with Crippen molar-refractivity contribution >= 4 is 16.9 Å². The molecule has 3 aromatic rings. The molecule has 2 unspecified atom stereocenters. The van der Waals surface area contributed by atoms with Crippen LogP contribution in [0.15, 0.2) is 46.2 Å². The number of nitrogens with one attached hydrogen (secondary N) is 1. The van der Waals surface area contributed by atoms with Gasteiger partial charge >= 0.3 is 5.69 Å². The lowest BCUT2D eigenvalue weighted by Crippen LogP contribution is -2.44. The Balaban J connectivity index is 1.76. The molecule has 0 radical (unpaired) electrons. The molecule has 0 aliphatic rings. The molecule has 2 heterocycles. The molecule has 0 saturated heterocycles. The number of aliphatic hydroxyl groups excluding tert-OH is 1. The Labute approximate surface area is 188 Å². The highest BCUT2D eigenvalue weighted by Crippen LogP contribution is 2.19. The molecule has 0 aliphatic heterocycles. The highest BCUT2D eigenvalue weighted by molar-refractivity contribution is 5.69. The van der Waals surface area contributed by atoms with E-state index in [0.717, 1.165) is 50.6 Å². The average molecular weight is 442 g/mol. The van der Waals surface area contributed by atoms with Gasteiger partial charge in [-0.1, -0.05) is 50.3 Å². The third kappa shape index (κ3) is 5.68. The van der Waals surface area contributed by atoms with Gasteiger partial charge in [0.15, 0.2) is 11.2 Å². The van der Waals surface area contributed by atoms with Crippen molar-refractivity contribution in [3.8, 4) is 0 Å². The Morgan fingerprint density at radius 3 is 2.25 bits per heavy atom. The minimum absolute atomic E-state index is 0.225. The second-order valence-corrected chi connectivity index (χ2v) is 8.62. The first-order valence-corrected chi connectivity index (χ1v) is 11.5. The Kier molecular flexibility index (Phi) is 8.27. The number of hydrogen-bond acceptors (Lipinski definition) is 5. The van der Waals surface area contributed by atoms with E-state index in [4.69, 9.17) is 0 Å². The quantitative estimate of drug-likeness (QED) is 0.419. The lowest BCUT2D eigenvalue weighted by molar-refractivity contribution is 0.180. The van der Waals surface area contributed by atoms with Crippen LogP contribution in [0, 0.1) is 0 Å². The first-order chi connectivity index (χ1) is 15.4. The van der Waals surface area contributed by atoms with Crippen LogP contribution in [-0.4, -0.2) is 29.9 Å². The molecule has 32 heavy (non-hydrogen) atoms. The van der Waals surface area contributed by atoms with E-state index in [-0.39, 0.29) is 17.4 Å². The Bertz CT molecular complexity index is 1110. The van der Waals surface area contributed by atoms with Crippen LogP contribution in [-0.2, 0) is 14.1 Å². The Morgan fingerprint density at radius 2 is 1.59 bits per heavy atom. The number of rotatable bonds is 12. The predicted octanol–water partition coefficient (Wildman–Crippen LogP) is 3.55. The number of benzene rings is 1. The number of para-hydroxylation sites is 1. The van der Waals surface area contributed by atoms with Gasteiger partial charge in [-0.25, -0.2) is 14.3 Å². The maximum atomic E-state index is 13.3. The van der Waals surface area contributed by atoms with Crippen LogP contribution in [0.4, 0.5) is 5.69 Å². The van der Waals surface area contributed by atoms with Gasteiger partial charge in [-0.2, -0.15) is 0 Å². The van der Waals surface area contributed by atoms with E-state index in [1.54, 1.807) is 25.0 Å². The normalized spacial score (nSPS) is 13.4. The van der Waals surface area contributed by atoms with Gasteiger partial charge < -0.3 is 15.0 Å². The highest BCUT2D eigenvalue weighted by atomic mass is 16.3. The van der Waals surface area contributed by atoms with Crippen molar-refractivity contribution in [3.05, 3.63) is 57.5 Å². The van der Waals surface area contributed by atoms with Crippen molar-refractivity contribution in [2.24, 2.45) is 14.1 Å². The average Bonchev–Trinajstić information content (AvgIpc) is 3.16. The summed E-state index contributed by atoms with van der Waals surface area (Å²) < 4.78 is 4.44. The maximum absolute atomic E-state index is 13.3. The van der Waals surface area contributed by atoms with Crippen LogP contribution in [0.1, 0.15) is 64.5 Å². The smallest absolute Gasteiger partial charge is 0.334 e. The van der Waals surface area contributed by atoms with E-state index in [9.17, 15) is 14.7 Å². The van der Waals surface area contributed by atoms with Gasteiger partial charge in [0.05, 0.1) is 12.4 Å². The van der Waals surface area contributed by atoms with Gasteiger partial charge in [-0.05, 0) is 38.3 Å². The predicted molar refractivity (Wildman–Crippen MR) is 128 cm³/mol. The standard InChI is InChI=1S/C24H35N5O3/c1-18(30)13-9-6-4-5-7-12-16-20(26-19-14-10-8-11-15-19)29-23(31)21-22(25-17-27(21)2)28(3)24(29)32/h8,10-11,14-15,17-18,20,26,30H,4-7,9,12-13,16H2,1-3H3. The van der Waals surface area contributed by atoms with Crippen LogP contribution in [0.2, 0.25) is 0 Å². The van der Waals surface area contributed by atoms with Crippen molar-refractivity contribution in [1.82, 2.24) is 18.7 Å². The van der Waals surface area contributed by atoms with Gasteiger partial charge in [-0.3, -0.25) is 9.36 Å². The molecule has 1 aromatic carbocycles. The van der Waals surface area contributed by atoms with Crippen LogP contribution < -0.4 is 16.6 Å². The number of aryl methyl sites for hydroxylation is 2. The fourth-order valence-corrected chi connectivity index (χ4v) is 4.11. The maximum Gasteiger partial charge on any atom is 0.334 e. The minimum atomic E-state index is -0.446. The SMILES string of the molecule is CC(O)CCCCCCCCC(Nc1ccccc1)n1c(=O)c2c(ncn2C)n(C)c1=O. The third-order valence-corrected chi connectivity index (χ3v) is 5.92. The Morgan fingerprint density at radius 1 is 0.969 bits per heavy atom. The zero-order valence-electron chi connectivity index (χ0n) is 19.3. The van der Waals surface area contributed by atoms with Gasteiger partial charge in [0.25, 0.3) is 5.56 Å². The molecule has 0 saturated carbocycles. The molecule has 0 fully saturated rings. The minimum Gasteiger partial charge on any atom is -0.393 e. The lowest BCUT2D eigenvalue weighted by atomic mass is 10.1. The zero-order valence-corrected chi connectivity index (χ0v) is 19.3. The van der Waals surface area contributed by atoms with Crippen molar-refractivity contribution < 1.29 is 5.11 Å². The molecular formula is C24H35N5O3. The van der Waals surface area contributed by atoms with Crippen molar-refractivity contribution in [3.63, 3.8) is 0 Å². The molecule has 3 rings (SSSR count). The van der Waals surface area contributed by atoms with Crippen LogP contribution in [0.5, 0.6) is 0 Å². The molecule has 0 spiro atoms. The number of aromatic nitrogens is 4. The molecule has 2 atom stereocenters. The number of nitrogens with zero attached hydrogens (tertiary/aromatic N) is 4. The fourth-order valence-electron chi connectivity index (χ4n) is 4.11. The number of hydrogen-bond donors (Lipinski definition) is 2. The van der Waals surface area contributed by atoms with Gasteiger partial charge in [-0.15, -0.1) is 0 Å². The number of unbranched alkanes of at least 4 members (excludes halogenated alkanes) is 5. The number of imidazole rings is 1. The number of anilines is 1. The molecule has 8 heteroatoms. The van der Waals surface area contributed by atoms with E-state index in [0.29, 0.717) is 17.6 Å². The van der Waals surface area contributed by atoms with E-state index >= 15 is 0 Å². The van der Waals surface area contributed by atoms with Crippen molar-refractivity contribution in [2.45, 2.75) is 70.6 Å². The molecule has 0 aliphatic carbocycles. The monoisotopic (exact) mass is 441 g/mol. The molecule has 174 valence electrons. The van der Waals surface area contributed by atoms with E-state index in [1.807, 2.05) is 37.3 Å². The van der Waals surface area contributed by atoms with Gasteiger partial charge in [0.1, 0.15) is 6.17 Å². The Hall–Kier alpha value is -2.87. The summed E-state index contributed by atoms with van der Waals surface area (Å²) in [6, 6.07) is 9.67. The summed E-state index contributed by atoms with van der Waals surface area (Å²) in [7, 11) is 3.42. The largest absolute Gasteiger partial charge is 0.393 e. The van der Waals surface area contributed by atoms with E-state index < -0.39 is 6.17 Å². The molecule has 2 aromatic heterocycles. The van der Waals surface area contributed by atoms with Crippen molar-refractivity contribution in [2.75, 3.05) is 5.32 Å². The number of aliphatic hydroxyl groups is 1. The molecular weight excluding hydrogens is 406 g/mol.